The van der Waals surface area contributed by atoms with Crippen molar-refractivity contribution in [3.63, 3.8) is 0 Å². The van der Waals surface area contributed by atoms with Gasteiger partial charge in [-0.15, -0.1) is 0 Å². The van der Waals surface area contributed by atoms with E-state index in [1.165, 1.54) is 0 Å². The summed E-state index contributed by atoms with van der Waals surface area (Å²) >= 11 is 0. The summed E-state index contributed by atoms with van der Waals surface area (Å²) in [5, 5.41) is 3.25. The third kappa shape index (κ3) is 2.53. The molecule has 5 nitrogen and oxygen atoms in total. The van der Waals surface area contributed by atoms with Gasteiger partial charge in [0.1, 0.15) is 0 Å². The van der Waals surface area contributed by atoms with E-state index in [0.717, 1.165) is 25.9 Å². The van der Waals surface area contributed by atoms with Gasteiger partial charge >= 0.3 is 0 Å². The van der Waals surface area contributed by atoms with Crippen LogP contribution < -0.4 is 5.32 Å². The Kier molecular flexibility index (Phi) is 3.86. The van der Waals surface area contributed by atoms with Crippen LogP contribution >= 0.6 is 0 Å². The van der Waals surface area contributed by atoms with E-state index in [9.17, 15) is 8.42 Å². The van der Waals surface area contributed by atoms with Gasteiger partial charge in [0.2, 0.25) is 10.0 Å². The van der Waals surface area contributed by atoms with E-state index in [4.69, 9.17) is 0 Å². The number of piperidine rings is 1. The molecular weight excluding hydrogens is 238 g/mol. The zero-order valence-electron chi connectivity index (χ0n) is 10.0. The summed E-state index contributed by atoms with van der Waals surface area (Å²) in [5.41, 5.74) is 0. The second-order valence-electron chi connectivity index (χ2n) is 4.24. The summed E-state index contributed by atoms with van der Waals surface area (Å²) in [5.74, 6) is 0. The minimum absolute atomic E-state index is 0.126. The molecule has 0 atom stereocenters. The zero-order chi connectivity index (χ0) is 12.3. The summed E-state index contributed by atoms with van der Waals surface area (Å²) in [4.78, 5) is 3.16. The van der Waals surface area contributed by atoms with Gasteiger partial charge in [-0.25, -0.2) is 8.42 Å². The number of aromatic amines is 1. The van der Waals surface area contributed by atoms with E-state index in [1.54, 1.807) is 22.8 Å². The van der Waals surface area contributed by atoms with Gasteiger partial charge in [0.15, 0.2) is 0 Å². The van der Waals surface area contributed by atoms with E-state index in [2.05, 4.69) is 10.3 Å². The smallest absolute Gasteiger partial charge is 0.244 e. The van der Waals surface area contributed by atoms with Crippen LogP contribution in [0.15, 0.2) is 23.4 Å². The van der Waals surface area contributed by atoms with Gasteiger partial charge in [0.25, 0.3) is 0 Å². The Hall–Kier alpha value is -0.850. The number of hydrogen-bond acceptors (Lipinski definition) is 3. The number of rotatable bonds is 4. The molecule has 1 fully saturated rings. The highest BCUT2D eigenvalue weighted by molar-refractivity contribution is 7.89. The van der Waals surface area contributed by atoms with Crippen molar-refractivity contribution in [3.8, 4) is 0 Å². The average Bonchev–Trinajstić information content (AvgIpc) is 2.85. The lowest BCUT2D eigenvalue weighted by atomic mass is 10.1. The van der Waals surface area contributed by atoms with E-state index >= 15 is 0 Å². The second kappa shape index (κ2) is 5.20. The highest BCUT2D eigenvalue weighted by atomic mass is 32.2. The average molecular weight is 257 g/mol. The number of nitrogens with one attached hydrogen (secondary N) is 2. The molecule has 17 heavy (non-hydrogen) atoms. The molecule has 1 aliphatic heterocycles. The minimum Gasteiger partial charge on any atom is -0.366 e. The third-order valence-corrected chi connectivity index (χ3v) is 5.23. The number of nitrogens with zero attached hydrogens (tertiary/aromatic N) is 1. The second-order valence-corrected chi connectivity index (χ2v) is 6.13. The van der Waals surface area contributed by atoms with Gasteiger partial charge in [0, 0.05) is 25.0 Å². The Morgan fingerprint density at radius 1 is 1.41 bits per heavy atom. The first kappa shape index (κ1) is 12.6. The summed E-state index contributed by atoms with van der Waals surface area (Å²) in [6.45, 7) is 4.21. The number of sulfonamides is 1. The molecule has 1 saturated heterocycles. The van der Waals surface area contributed by atoms with Gasteiger partial charge in [-0.05, 0) is 32.0 Å². The maximum absolute atomic E-state index is 12.4. The van der Waals surface area contributed by atoms with Crippen molar-refractivity contribution in [2.75, 3.05) is 19.6 Å². The SMILES string of the molecule is CCN(C1CCNCC1)S(=O)(=O)c1cc[nH]c1. The molecule has 1 aromatic rings. The fourth-order valence-corrected chi connectivity index (χ4v) is 3.99. The molecule has 0 amide bonds. The minimum atomic E-state index is -3.33. The molecule has 6 heteroatoms. The quantitative estimate of drug-likeness (QED) is 0.837. The van der Waals surface area contributed by atoms with Crippen molar-refractivity contribution in [2.45, 2.75) is 30.7 Å². The normalized spacial score (nSPS) is 18.7. The van der Waals surface area contributed by atoms with Gasteiger partial charge in [0.05, 0.1) is 4.90 Å². The molecule has 1 aromatic heterocycles. The Morgan fingerprint density at radius 2 is 2.12 bits per heavy atom. The van der Waals surface area contributed by atoms with Crippen molar-refractivity contribution < 1.29 is 8.42 Å². The highest BCUT2D eigenvalue weighted by Crippen LogP contribution is 2.21. The molecule has 2 N–H and O–H groups in total. The first-order valence-electron chi connectivity index (χ1n) is 6.01. The van der Waals surface area contributed by atoms with Crippen LogP contribution in [0, 0.1) is 0 Å². The molecular formula is C11H19N3O2S. The van der Waals surface area contributed by atoms with Crippen molar-refractivity contribution >= 4 is 10.0 Å². The Morgan fingerprint density at radius 3 is 2.65 bits per heavy atom. The molecule has 96 valence electrons. The molecule has 0 spiro atoms. The zero-order valence-corrected chi connectivity index (χ0v) is 10.8. The van der Waals surface area contributed by atoms with Crippen LogP contribution in [0.3, 0.4) is 0 Å². The maximum Gasteiger partial charge on any atom is 0.244 e. The molecule has 2 heterocycles. The fourth-order valence-electron chi connectivity index (χ4n) is 2.32. The third-order valence-electron chi connectivity index (χ3n) is 3.20. The van der Waals surface area contributed by atoms with Crippen LogP contribution in [0.1, 0.15) is 19.8 Å². The summed E-state index contributed by atoms with van der Waals surface area (Å²) < 4.78 is 26.4. The maximum atomic E-state index is 12.4. The largest absolute Gasteiger partial charge is 0.366 e. The Labute approximate surface area is 102 Å². The molecule has 1 aliphatic rings. The van der Waals surface area contributed by atoms with Crippen LogP contribution in [0.4, 0.5) is 0 Å². The number of H-pyrrole nitrogens is 1. The molecule has 0 bridgehead atoms. The number of hydrogen-bond donors (Lipinski definition) is 2. The van der Waals surface area contributed by atoms with Gasteiger partial charge < -0.3 is 10.3 Å². The van der Waals surface area contributed by atoms with Crippen molar-refractivity contribution in [1.82, 2.24) is 14.6 Å². The summed E-state index contributed by atoms with van der Waals surface area (Å²) in [7, 11) is -3.33. The van der Waals surface area contributed by atoms with E-state index in [0.29, 0.717) is 11.4 Å². The topological polar surface area (TPSA) is 65.2 Å². The van der Waals surface area contributed by atoms with Gasteiger partial charge in [-0.2, -0.15) is 4.31 Å². The monoisotopic (exact) mass is 257 g/mol. The lowest BCUT2D eigenvalue weighted by molar-refractivity contribution is 0.271. The van der Waals surface area contributed by atoms with Gasteiger partial charge in [-0.1, -0.05) is 6.92 Å². The Bertz CT molecular complexity index is 435. The van der Waals surface area contributed by atoms with Crippen LogP contribution in [-0.2, 0) is 10.0 Å². The summed E-state index contributed by atoms with van der Waals surface area (Å²) in [6.07, 6.45) is 4.96. The highest BCUT2D eigenvalue weighted by Gasteiger charge is 2.31. The predicted octanol–water partition coefficient (Wildman–Crippen LogP) is 0.777. The van der Waals surface area contributed by atoms with E-state index < -0.39 is 10.0 Å². The number of aromatic nitrogens is 1. The van der Waals surface area contributed by atoms with Crippen molar-refractivity contribution in [1.29, 1.82) is 0 Å². The lowest BCUT2D eigenvalue weighted by Crippen LogP contribution is -2.45. The first-order chi connectivity index (χ1) is 8.16. The molecule has 0 unspecified atom stereocenters. The molecule has 0 radical (unpaired) electrons. The van der Waals surface area contributed by atoms with Crippen molar-refractivity contribution in [2.24, 2.45) is 0 Å². The first-order valence-corrected chi connectivity index (χ1v) is 7.45. The van der Waals surface area contributed by atoms with Gasteiger partial charge in [-0.3, -0.25) is 0 Å². The Balaban J connectivity index is 2.23. The molecule has 0 aliphatic carbocycles. The van der Waals surface area contributed by atoms with Crippen molar-refractivity contribution in [3.05, 3.63) is 18.5 Å². The van der Waals surface area contributed by atoms with Crippen LogP contribution in [0.5, 0.6) is 0 Å². The molecule has 2 rings (SSSR count). The predicted molar refractivity (Wildman–Crippen MR) is 66.3 cm³/mol. The van der Waals surface area contributed by atoms with Crippen LogP contribution in [-0.4, -0.2) is 43.4 Å². The lowest BCUT2D eigenvalue weighted by Gasteiger charge is -2.32. The van der Waals surface area contributed by atoms with E-state index in [-0.39, 0.29) is 6.04 Å². The fraction of sp³-hybridized carbons (Fsp3) is 0.636. The standard InChI is InChI=1S/C11H19N3O2S/c1-2-14(10-3-6-12-7-4-10)17(15,16)11-5-8-13-9-11/h5,8-10,12-13H,2-4,6-7H2,1H3. The molecule has 0 saturated carbocycles. The van der Waals surface area contributed by atoms with Crippen LogP contribution in [0.25, 0.3) is 0 Å². The van der Waals surface area contributed by atoms with Crippen LogP contribution in [0.2, 0.25) is 0 Å². The molecule has 0 aromatic carbocycles. The van der Waals surface area contributed by atoms with E-state index in [1.807, 2.05) is 6.92 Å². The summed E-state index contributed by atoms with van der Waals surface area (Å²) in [6, 6.07) is 1.74.